The lowest BCUT2D eigenvalue weighted by Crippen LogP contribution is -2.37. The van der Waals surface area contributed by atoms with Gasteiger partial charge in [-0.25, -0.2) is 4.98 Å². The van der Waals surface area contributed by atoms with E-state index in [1.165, 1.54) is 11.3 Å². The summed E-state index contributed by atoms with van der Waals surface area (Å²) in [5, 5.41) is 0.930. The van der Waals surface area contributed by atoms with Crippen molar-refractivity contribution in [2.45, 2.75) is 45.4 Å². The molecule has 0 radical (unpaired) electrons. The second-order valence-corrected chi connectivity index (χ2v) is 6.24. The maximum absolute atomic E-state index is 12.1. The van der Waals surface area contributed by atoms with Crippen LogP contribution in [0.2, 0.25) is 0 Å². The van der Waals surface area contributed by atoms with E-state index in [1.54, 1.807) is 6.20 Å². The van der Waals surface area contributed by atoms with Crippen LogP contribution in [0, 0.1) is 12.8 Å². The van der Waals surface area contributed by atoms with Crippen LogP contribution in [0.15, 0.2) is 6.20 Å². The number of Topliss-reactive ketones (excluding diaryl/α,β-unsaturated/α-hetero) is 3. The summed E-state index contributed by atoms with van der Waals surface area (Å²) in [5.41, 5.74) is 0. The largest absolute Gasteiger partial charge is 0.298 e. The third-order valence-corrected chi connectivity index (χ3v) is 4.47. The van der Waals surface area contributed by atoms with Crippen molar-refractivity contribution in [3.63, 3.8) is 0 Å². The molecule has 19 heavy (non-hydrogen) atoms. The van der Waals surface area contributed by atoms with Crippen molar-refractivity contribution in [2.24, 2.45) is 5.92 Å². The van der Waals surface area contributed by atoms with E-state index in [4.69, 9.17) is 0 Å². The molecule has 0 aromatic carbocycles. The Labute approximate surface area is 116 Å². The molecule has 0 bridgehead atoms. The molecule has 0 N–H and O–H groups in total. The molecule has 0 saturated heterocycles. The van der Waals surface area contributed by atoms with Gasteiger partial charge in [0.15, 0.2) is 17.3 Å². The predicted molar refractivity (Wildman–Crippen MR) is 72.2 cm³/mol. The summed E-state index contributed by atoms with van der Waals surface area (Å²) in [7, 11) is 0. The highest BCUT2D eigenvalue weighted by atomic mass is 32.1. The Hall–Kier alpha value is -1.36. The van der Waals surface area contributed by atoms with Crippen LogP contribution < -0.4 is 0 Å². The van der Waals surface area contributed by atoms with Gasteiger partial charge in [-0.05, 0) is 13.3 Å². The van der Waals surface area contributed by atoms with Crippen molar-refractivity contribution < 1.29 is 14.4 Å². The average Bonchev–Trinajstić information content (AvgIpc) is 2.75. The van der Waals surface area contributed by atoms with Gasteiger partial charge in [0.05, 0.1) is 5.01 Å². The van der Waals surface area contributed by atoms with Gasteiger partial charge >= 0.3 is 0 Å². The van der Waals surface area contributed by atoms with E-state index in [2.05, 4.69) is 4.98 Å². The lowest BCUT2D eigenvalue weighted by atomic mass is 9.77. The fourth-order valence-electron chi connectivity index (χ4n) is 2.49. The zero-order valence-corrected chi connectivity index (χ0v) is 12.0. The third kappa shape index (κ3) is 2.97. The molecule has 0 amide bonds. The number of nitrogens with zero attached hydrogens (tertiary/aromatic N) is 1. The van der Waals surface area contributed by atoms with E-state index in [0.717, 1.165) is 9.88 Å². The standard InChI is InChI=1S/C14H17NO3S/c1-3-4-10(16)14-11(17)5-9(6-12(14)18)13-7-15-8(2)19-13/h7,9,14H,3-6H2,1-2H3. The highest BCUT2D eigenvalue weighted by Gasteiger charge is 2.40. The van der Waals surface area contributed by atoms with Crippen molar-refractivity contribution in [2.75, 3.05) is 0 Å². The molecule has 1 fully saturated rings. The van der Waals surface area contributed by atoms with E-state index >= 15 is 0 Å². The normalized spacial score (nSPS) is 23.7. The van der Waals surface area contributed by atoms with Crippen molar-refractivity contribution in [3.8, 4) is 0 Å². The number of aryl methyl sites for hydroxylation is 1. The molecule has 1 aliphatic carbocycles. The number of rotatable bonds is 4. The van der Waals surface area contributed by atoms with E-state index in [-0.39, 0.29) is 36.1 Å². The second kappa shape index (κ2) is 5.74. The lowest BCUT2D eigenvalue weighted by Gasteiger charge is -2.24. The summed E-state index contributed by atoms with van der Waals surface area (Å²) < 4.78 is 0. The first-order valence-corrected chi connectivity index (χ1v) is 7.35. The summed E-state index contributed by atoms with van der Waals surface area (Å²) in [4.78, 5) is 41.1. The molecule has 0 atom stereocenters. The van der Waals surface area contributed by atoms with Gasteiger partial charge in [-0.1, -0.05) is 6.92 Å². The molecule has 0 aliphatic heterocycles. The van der Waals surface area contributed by atoms with Crippen molar-refractivity contribution >= 4 is 28.7 Å². The Bertz CT molecular complexity index is 503. The van der Waals surface area contributed by atoms with E-state index < -0.39 is 5.92 Å². The number of ketones is 3. The maximum atomic E-state index is 12.1. The molecule has 1 saturated carbocycles. The summed E-state index contributed by atoms with van der Waals surface area (Å²) in [6.07, 6.45) is 3.29. The minimum atomic E-state index is -0.995. The van der Waals surface area contributed by atoms with Gasteiger partial charge < -0.3 is 0 Å². The van der Waals surface area contributed by atoms with Gasteiger partial charge in [-0.2, -0.15) is 0 Å². The maximum Gasteiger partial charge on any atom is 0.151 e. The topological polar surface area (TPSA) is 64.1 Å². The lowest BCUT2D eigenvalue weighted by molar-refractivity contribution is -0.142. The number of hydrogen-bond acceptors (Lipinski definition) is 5. The summed E-state index contributed by atoms with van der Waals surface area (Å²) >= 11 is 1.52. The first kappa shape index (κ1) is 14.1. The predicted octanol–water partition coefficient (Wildman–Crippen LogP) is 2.45. The summed E-state index contributed by atoms with van der Waals surface area (Å²) in [5.74, 6) is -1.73. The number of thiazole rings is 1. The highest BCUT2D eigenvalue weighted by Crippen LogP contribution is 2.35. The smallest absolute Gasteiger partial charge is 0.151 e. The molecule has 2 rings (SSSR count). The first-order valence-electron chi connectivity index (χ1n) is 6.53. The molecule has 0 spiro atoms. The number of aromatic nitrogens is 1. The van der Waals surface area contributed by atoms with Gasteiger partial charge in [0.2, 0.25) is 0 Å². The fraction of sp³-hybridized carbons (Fsp3) is 0.571. The van der Waals surface area contributed by atoms with Crippen LogP contribution in [0.1, 0.15) is 48.4 Å². The Kier molecular flexibility index (Phi) is 4.24. The van der Waals surface area contributed by atoms with Crippen LogP contribution in [0.3, 0.4) is 0 Å². The Morgan fingerprint density at radius 2 is 2.00 bits per heavy atom. The quantitative estimate of drug-likeness (QED) is 0.794. The molecule has 0 unspecified atom stereocenters. The van der Waals surface area contributed by atoms with Crippen molar-refractivity contribution in [3.05, 3.63) is 16.1 Å². The Morgan fingerprint density at radius 3 is 2.47 bits per heavy atom. The molecule has 1 aliphatic rings. The molecule has 4 nitrogen and oxygen atoms in total. The van der Waals surface area contributed by atoms with Crippen LogP contribution >= 0.6 is 11.3 Å². The Balaban J connectivity index is 2.12. The van der Waals surface area contributed by atoms with Crippen LogP contribution in [0.5, 0.6) is 0 Å². The number of carbonyl (C=O) groups is 3. The van der Waals surface area contributed by atoms with Crippen LogP contribution in [-0.2, 0) is 14.4 Å². The van der Waals surface area contributed by atoms with Gasteiger partial charge in [-0.3, -0.25) is 14.4 Å². The van der Waals surface area contributed by atoms with Crippen molar-refractivity contribution in [1.29, 1.82) is 0 Å². The van der Waals surface area contributed by atoms with E-state index in [1.807, 2.05) is 13.8 Å². The third-order valence-electron chi connectivity index (χ3n) is 3.40. The SMILES string of the molecule is CCCC(=O)C1C(=O)CC(c2cnc(C)s2)CC1=O. The molecule has 5 heteroatoms. The zero-order valence-electron chi connectivity index (χ0n) is 11.1. The van der Waals surface area contributed by atoms with Crippen LogP contribution in [0.4, 0.5) is 0 Å². The van der Waals surface area contributed by atoms with E-state index in [0.29, 0.717) is 12.8 Å². The molecular weight excluding hydrogens is 262 g/mol. The van der Waals surface area contributed by atoms with Crippen LogP contribution in [-0.4, -0.2) is 22.3 Å². The molecule has 1 aromatic rings. The summed E-state index contributed by atoms with van der Waals surface area (Å²) in [6, 6.07) is 0. The molecular formula is C14H17NO3S. The van der Waals surface area contributed by atoms with E-state index in [9.17, 15) is 14.4 Å². The Morgan fingerprint density at radius 1 is 1.37 bits per heavy atom. The zero-order chi connectivity index (χ0) is 14.0. The monoisotopic (exact) mass is 279 g/mol. The minimum absolute atomic E-state index is 0.0862. The molecule has 1 heterocycles. The van der Waals surface area contributed by atoms with Gasteiger partial charge in [0, 0.05) is 36.3 Å². The number of carbonyl (C=O) groups excluding carboxylic acids is 3. The van der Waals surface area contributed by atoms with Crippen LogP contribution in [0.25, 0.3) is 0 Å². The molecule has 1 aromatic heterocycles. The second-order valence-electron chi connectivity index (χ2n) is 4.97. The average molecular weight is 279 g/mol. The van der Waals surface area contributed by atoms with Gasteiger partial charge in [0.1, 0.15) is 5.92 Å². The fourth-order valence-corrected chi connectivity index (χ4v) is 3.38. The molecule has 102 valence electrons. The van der Waals surface area contributed by atoms with Crippen molar-refractivity contribution in [1.82, 2.24) is 4.98 Å². The number of hydrogen-bond donors (Lipinski definition) is 0. The summed E-state index contributed by atoms with van der Waals surface area (Å²) in [6.45, 7) is 3.77. The van der Waals surface area contributed by atoms with Gasteiger partial charge in [0.25, 0.3) is 0 Å². The first-order chi connectivity index (χ1) is 9.02. The van der Waals surface area contributed by atoms with Gasteiger partial charge in [-0.15, -0.1) is 11.3 Å². The minimum Gasteiger partial charge on any atom is -0.298 e. The highest BCUT2D eigenvalue weighted by molar-refractivity contribution is 7.11.